The summed E-state index contributed by atoms with van der Waals surface area (Å²) in [6.45, 7) is 5.79. The molecule has 0 spiro atoms. The van der Waals surface area contributed by atoms with E-state index in [1.165, 1.54) is 0 Å². The number of rotatable bonds is 0. The van der Waals surface area contributed by atoms with Gasteiger partial charge < -0.3 is 27.7 Å². The molecule has 0 bridgehead atoms. The summed E-state index contributed by atoms with van der Waals surface area (Å²) in [4.78, 5) is 0. The maximum absolute atomic E-state index is 7.57. The number of hydrogen-bond donors (Lipinski definition) is 3. The van der Waals surface area contributed by atoms with E-state index in [4.69, 9.17) is 15.3 Å². The third kappa shape index (κ3) is 1640. The second-order valence-electron chi connectivity index (χ2n) is 0.949. The van der Waals surface area contributed by atoms with Crippen molar-refractivity contribution in [2.45, 2.75) is 20.8 Å². The molecule has 0 aromatic rings. The largest absolute Gasteiger partial charge is 1.00 e. The van der Waals surface area contributed by atoms with Gasteiger partial charge in [-0.05, 0) is 20.8 Å². The van der Waals surface area contributed by atoms with Crippen LogP contribution >= 0.6 is 0 Å². The van der Waals surface area contributed by atoms with Crippen LogP contribution in [0.4, 0.5) is 0 Å². The molecule has 0 rings (SSSR count). The zero-order valence-corrected chi connectivity index (χ0v) is 9.28. The van der Waals surface area contributed by atoms with Crippen LogP contribution in [0.1, 0.15) is 20.8 Å². The van der Waals surface area contributed by atoms with E-state index in [-0.39, 0.29) is 49.6 Å². The van der Waals surface area contributed by atoms with E-state index in [1.54, 1.807) is 20.8 Å². The monoisotopic (exact) mass is 225 g/mol. The van der Waals surface area contributed by atoms with E-state index < -0.39 is 0 Å². The maximum Gasteiger partial charge on any atom is 0.0402 e. The summed E-state index contributed by atoms with van der Waals surface area (Å²) in [6, 6.07) is 0. The molecule has 0 radical (unpaired) electrons. The first-order valence-electron chi connectivity index (χ1n) is 3.07. The van der Waals surface area contributed by atoms with Crippen molar-refractivity contribution in [2.24, 2.45) is 0 Å². The molecule has 0 aromatic carbocycles. The summed E-state index contributed by atoms with van der Waals surface area (Å²) < 4.78 is 0. The third-order valence-electron chi connectivity index (χ3n) is 0. The van der Waals surface area contributed by atoms with Gasteiger partial charge in [0.25, 0.3) is 0 Å². The van der Waals surface area contributed by atoms with Crippen molar-refractivity contribution < 1.29 is 45.1 Å². The van der Waals surface area contributed by atoms with Gasteiger partial charge in [0.1, 0.15) is 0 Å². The van der Waals surface area contributed by atoms with E-state index in [9.17, 15) is 0 Å². The normalized spacial score (nSPS) is 4.91. The first-order valence-corrected chi connectivity index (χ1v) is 3.07. The molecule has 0 aliphatic heterocycles. The first-order chi connectivity index (χ1) is 4.24. The fourth-order valence-corrected chi connectivity index (χ4v) is 0. The minimum absolute atomic E-state index is 0. The van der Waals surface area contributed by atoms with Crippen LogP contribution in [0, 0.1) is 0 Å². The second kappa shape index (κ2) is 73.5. The maximum atomic E-state index is 7.57. The van der Waals surface area contributed by atoms with Crippen molar-refractivity contribution in [3.8, 4) is 0 Å². The van der Waals surface area contributed by atoms with Gasteiger partial charge in [0.2, 0.25) is 0 Å². The van der Waals surface area contributed by atoms with Crippen LogP contribution < -0.4 is 12.4 Å². The second-order valence-corrected chi connectivity index (χ2v) is 0.949. The van der Waals surface area contributed by atoms with E-state index in [0.29, 0.717) is 0 Å². The number of aliphatic hydroxyl groups is 3. The summed E-state index contributed by atoms with van der Waals surface area (Å²) in [5.41, 5.74) is 0. The molecule has 0 aliphatic rings. The molecule has 0 aromatic heterocycles. The quantitative estimate of drug-likeness (QED) is 0.412. The summed E-state index contributed by atoms with van der Waals surface area (Å²) in [5.74, 6) is 0. The number of aliphatic hydroxyl groups excluding tert-OH is 3. The SMILES string of the molecule is CCO.CCO.CCO.[Cl-].[Cr]. The molecule has 0 fully saturated rings. The standard InChI is InChI=1S/3C2H6O.ClH.Cr/c3*1-2-3;;/h3*3H,2H2,1H3;1H;/p-1. The van der Waals surface area contributed by atoms with Crippen LogP contribution in [0.25, 0.3) is 0 Å². The molecular weight excluding hydrogens is 208 g/mol. The smallest absolute Gasteiger partial charge is 0.0402 e. The van der Waals surface area contributed by atoms with E-state index in [2.05, 4.69) is 0 Å². The van der Waals surface area contributed by atoms with Crippen LogP contribution in [0.5, 0.6) is 0 Å². The molecule has 0 heterocycles. The van der Waals surface area contributed by atoms with Crippen LogP contribution in [0.3, 0.4) is 0 Å². The van der Waals surface area contributed by atoms with Crippen LogP contribution in [0.15, 0.2) is 0 Å². The van der Waals surface area contributed by atoms with Crippen molar-refractivity contribution in [1.82, 2.24) is 0 Å². The van der Waals surface area contributed by atoms with Gasteiger partial charge in [-0.2, -0.15) is 0 Å². The van der Waals surface area contributed by atoms with Gasteiger partial charge >= 0.3 is 0 Å². The third-order valence-corrected chi connectivity index (χ3v) is 0. The van der Waals surface area contributed by atoms with Crippen molar-refractivity contribution in [3.63, 3.8) is 0 Å². The molecule has 0 saturated carbocycles. The number of halogens is 1. The zero-order valence-electron chi connectivity index (χ0n) is 7.25. The zero-order chi connectivity index (χ0) is 8.12. The average Bonchev–Trinajstić information content (AvgIpc) is 1.70. The molecular formula is C6H18ClCrO3-. The predicted octanol–water partition coefficient (Wildman–Crippen LogP) is -3.00. The minimum atomic E-state index is 0. The van der Waals surface area contributed by atoms with Gasteiger partial charge in [-0.25, -0.2) is 0 Å². The minimum Gasteiger partial charge on any atom is -1.00 e. The Morgan fingerprint density at radius 2 is 0.727 bits per heavy atom. The Kier molecular flexibility index (Phi) is 199. The fraction of sp³-hybridized carbons (Fsp3) is 1.00. The first kappa shape index (κ1) is 29.8. The Balaban J connectivity index is -0.0000000150. The van der Waals surface area contributed by atoms with Gasteiger partial charge in [-0.15, -0.1) is 0 Å². The summed E-state index contributed by atoms with van der Waals surface area (Å²) in [6.07, 6.45) is 0. The van der Waals surface area contributed by atoms with Crippen LogP contribution in [0.2, 0.25) is 0 Å². The Bertz CT molecular complexity index is 22.5. The van der Waals surface area contributed by atoms with Crippen molar-refractivity contribution in [1.29, 1.82) is 0 Å². The summed E-state index contributed by atoms with van der Waals surface area (Å²) >= 11 is 0. The number of hydrogen-bond acceptors (Lipinski definition) is 3. The molecule has 0 atom stereocenters. The van der Waals surface area contributed by atoms with Gasteiger partial charge in [0.15, 0.2) is 0 Å². The van der Waals surface area contributed by atoms with Crippen LogP contribution in [-0.2, 0) is 17.4 Å². The van der Waals surface area contributed by atoms with E-state index in [0.717, 1.165) is 0 Å². The Labute approximate surface area is 86.0 Å². The van der Waals surface area contributed by atoms with E-state index in [1.807, 2.05) is 0 Å². The molecule has 11 heavy (non-hydrogen) atoms. The molecule has 3 N–H and O–H groups in total. The van der Waals surface area contributed by atoms with Crippen molar-refractivity contribution in [3.05, 3.63) is 0 Å². The molecule has 3 nitrogen and oxygen atoms in total. The average molecular weight is 226 g/mol. The van der Waals surface area contributed by atoms with Gasteiger partial charge in [0, 0.05) is 37.2 Å². The Morgan fingerprint density at radius 3 is 0.727 bits per heavy atom. The Morgan fingerprint density at radius 1 is 0.727 bits per heavy atom. The predicted molar refractivity (Wildman–Crippen MR) is 38.3 cm³/mol. The van der Waals surface area contributed by atoms with Crippen molar-refractivity contribution >= 4 is 0 Å². The Hall–Kier alpha value is 0.702. The van der Waals surface area contributed by atoms with E-state index >= 15 is 0 Å². The molecule has 74 valence electrons. The molecule has 0 saturated heterocycles. The summed E-state index contributed by atoms with van der Waals surface area (Å²) in [5, 5.41) is 22.7. The van der Waals surface area contributed by atoms with Gasteiger partial charge in [-0.3, -0.25) is 0 Å². The summed E-state index contributed by atoms with van der Waals surface area (Å²) in [7, 11) is 0. The molecule has 5 heteroatoms. The molecule has 0 aliphatic carbocycles. The topological polar surface area (TPSA) is 60.7 Å². The van der Waals surface area contributed by atoms with Crippen molar-refractivity contribution in [2.75, 3.05) is 19.8 Å². The van der Waals surface area contributed by atoms with Crippen LogP contribution in [-0.4, -0.2) is 35.1 Å². The van der Waals surface area contributed by atoms with Gasteiger partial charge in [-0.1, -0.05) is 0 Å². The molecule has 0 amide bonds. The van der Waals surface area contributed by atoms with Gasteiger partial charge in [0.05, 0.1) is 0 Å². The fourth-order valence-electron chi connectivity index (χ4n) is 0. The molecule has 0 unspecified atom stereocenters.